The molecule has 3 nitrogen and oxygen atoms in total. The lowest BCUT2D eigenvalue weighted by Crippen LogP contribution is -2.39. The van der Waals surface area contributed by atoms with E-state index in [-0.39, 0.29) is 11.9 Å². The van der Waals surface area contributed by atoms with Gasteiger partial charge < -0.3 is 9.64 Å². The zero-order valence-electron chi connectivity index (χ0n) is 14.6. The van der Waals surface area contributed by atoms with E-state index < -0.39 is 0 Å². The van der Waals surface area contributed by atoms with Crippen molar-refractivity contribution >= 4 is 34.2 Å². The third kappa shape index (κ3) is 5.03. The van der Waals surface area contributed by atoms with E-state index in [0.29, 0.717) is 6.61 Å². The van der Waals surface area contributed by atoms with Crippen molar-refractivity contribution < 1.29 is 9.53 Å². The first-order chi connectivity index (χ1) is 12.3. The van der Waals surface area contributed by atoms with E-state index in [0.717, 1.165) is 38.9 Å². The molecule has 1 fully saturated rings. The van der Waals surface area contributed by atoms with Crippen molar-refractivity contribution in [3.63, 3.8) is 0 Å². The van der Waals surface area contributed by atoms with Gasteiger partial charge in [-0.05, 0) is 55.6 Å². The number of thiophene rings is 2. The Kier molecular flexibility index (Phi) is 6.84. The quantitative estimate of drug-likeness (QED) is 0.644. The number of hydrogen-bond donors (Lipinski definition) is 0. The summed E-state index contributed by atoms with van der Waals surface area (Å²) in [7, 11) is 0. The van der Waals surface area contributed by atoms with Crippen LogP contribution in [0.2, 0.25) is 0 Å². The highest BCUT2D eigenvalue weighted by Crippen LogP contribution is 2.30. The Balaban J connectivity index is 1.60. The Labute approximate surface area is 157 Å². The summed E-state index contributed by atoms with van der Waals surface area (Å²) in [4.78, 5) is 17.0. The van der Waals surface area contributed by atoms with Gasteiger partial charge in [-0.1, -0.05) is 18.2 Å². The molecule has 134 valence electrons. The van der Waals surface area contributed by atoms with Gasteiger partial charge in [-0.15, -0.1) is 22.7 Å². The summed E-state index contributed by atoms with van der Waals surface area (Å²) in [5.74, 6) is 0.0207. The first-order valence-electron chi connectivity index (χ1n) is 8.95. The van der Waals surface area contributed by atoms with E-state index in [1.54, 1.807) is 22.7 Å². The predicted molar refractivity (Wildman–Crippen MR) is 106 cm³/mol. The molecule has 1 aliphatic rings. The van der Waals surface area contributed by atoms with Crippen molar-refractivity contribution in [1.29, 1.82) is 0 Å². The number of hydrogen-bond acceptors (Lipinski definition) is 5. The zero-order chi connectivity index (χ0) is 17.5. The Morgan fingerprint density at radius 1 is 1.28 bits per heavy atom. The highest BCUT2D eigenvalue weighted by molar-refractivity contribution is 7.13. The lowest BCUT2D eigenvalue weighted by atomic mass is 9.98. The molecule has 2 aromatic heterocycles. The van der Waals surface area contributed by atoms with Gasteiger partial charge in [-0.3, -0.25) is 4.79 Å². The fraction of sp³-hybridized carbons (Fsp3) is 0.450. The molecule has 1 atom stereocenters. The van der Waals surface area contributed by atoms with E-state index in [9.17, 15) is 4.79 Å². The number of piperidine rings is 1. The Morgan fingerprint density at radius 2 is 2.00 bits per heavy atom. The van der Waals surface area contributed by atoms with Crippen molar-refractivity contribution in [3.8, 4) is 0 Å². The molecule has 1 aliphatic heterocycles. The van der Waals surface area contributed by atoms with Crippen molar-refractivity contribution in [2.24, 2.45) is 5.92 Å². The average molecular weight is 376 g/mol. The summed E-state index contributed by atoms with van der Waals surface area (Å²) < 4.78 is 5.20. The minimum absolute atomic E-state index is 0.0272. The third-order valence-electron chi connectivity index (χ3n) is 4.49. The minimum Gasteiger partial charge on any atom is -0.466 e. The van der Waals surface area contributed by atoms with Gasteiger partial charge in [-0.25, -0.2) is 0 Å². The monoisotopic (exact) mass is 375 g/mol. The lowest BCUT2D eigenvalue weighted by molar-refractivity contribution is -0.149. The molecule has 3 heterocycles. The SMILES string of the molecule is CCOC(=O)C1CCCN(CCC=C(c2cccs2)c2cccs2)C1. The molecule has 2 aromatic rings. The second-order valence-corrected chi connectivity index (χ2v) is 8.15. The molecule has 3 rings (SSSR count). The number of nitrogens with zero attached hydrogens (tertiary/aromatic N) is 1. The summed E-state index contributed by atoms with van der Waals surface area (Å²) in [5.41, 5.74) is 1.34. The molecule has 5 heteroatoms. The molecule has 0 bridgehead atoms. The number of likely N-dealkylation sites (tertiary alicyclic amines) is 1. The first kappa shape index (κ1) is 18.4. The van der Waals surface area contributed by atoms with Crippen LogP contribution >= 0.6 is 22.7 Å². The van der Waals surface area contributed by atoms with Crippen LogP contribution in [0.25, 0.3) is 5.57 Å². The Bertz CT molecular complexity index is 640. The first-order valence-corrected chi connectivity index (χ1v) is 10.7. The molecule has 1 unspecified atom stereocenters. The van der Waals surface area contributed by atoms with Gasteiger partial charge in [0.2, 0.25) is 0 Å². The number of carbonyl (C=O) groups is 1. The maximum absolute atomic E-state index is 12.0. The predicted octanol–water partition coefficient (Wildman–Crippen LogP) is 4.91. The molecule has 0 aromatic carbocycles. The van der Waals surface area contributed by atoms with Crippen LogP contribution in [0, 0.1) is 5.92 Å². The highest BCUT2D eigenvalue weighted by Gasteiger charge is 2.26. The molecule has 0 radical (unpaired) electrons. The van der Waals surface area contributed by atoms with Gasteiger partial charge >= 0.3 is 5.97 Å². The van der Waals surface area contributed by atoms with E-state index in [1.807, 2.05) is 6.92 Å². The molecular weight excluding hydrogens is 350 g/mol. The number of ether oxygens (including phenoxy) is 1. The lowest BCUT2D eigenvalue weighted by Gasteiger charge is -2.31. The van der Waals surface area contributed by atoms with Crippen molar-refractivity contribution in [3.05, 3.63) is 50.9 Å². The second kappa shape index (κ2) is 9.32. The van der Waals surface area contributed by atoms with Crippen molar-refractivity contribution in [1.82, 2.24) is 4.90 Å². The van der Waals surface area contributed by atoms with Gasteiger partial charge in [0, 0.05) is 28.4 Å². The van der Waals surface area contributed by atoms with Crippen LogP contribution < -0.4 is 0 Å². The third-order valence-corrected chi connectivity index (χ3v) is 6.30. The van der Waals surface area contributed by atoms with E-state index in [1.165, 1.54) is 15.3 Å². The Morgan fingerprint density at radius 3 is 2.60 bits per heavy atom. The Hall–Kier alpha value is -1.43. The molecule has 25 heavy (non-hydrogen) atoms. The molecular formula is C20H25NO2S2. The zero-order valence-corrected chi connectivity index (χ0v) is 16.3. The molecule has 1 saturated heterocycles. The summed E-state index contributed by atoms with van der Waals surface area (Å²) in [5, 5.41) is 4.26. The maximum Gasteiger partial charge on any atom is 0.310 e. The molecule has 0 N–H and O–H groups in total. The fourth-order valence-electron chi connectivity index (χ4n) is 3.29. The second-order valence-electron chi connectivity index (χ2n) is 6.25. The molecule has 0 saturated carbocycles. The summed E-state index contributed by atoms with van der Waals surface area (Å²) in [6, 6.07) is 8.59. The van der Waals surface area contributed by atoms with E-state index in [4.69, 9.17) is 4.74 Å². The highest BCUT2D eigenvalue weighted by atomic mass is 32.1. The molecule has 0 amide bonds. The topological polar surface area (TPSA) is 29.5 Å². The normalized spacial score (nSPS) is 18.0. The van der Waals surface area contributed by atoms with Crippen LogP contribution in [0.5, 0.6) is 0 Å². The summed E-state index contributed by atoms with van der Waals surface area (Å²) in [6.07, 6.45) is 5.39. The van der Waals surface area contributed by atoms with Crippen molar-refractivity contribution in [2.75, 3.05) is 26.2 Å². The van der Waals surface area contributed by atoms with Crippen LogP contribution in [0.4, 0.5) is 0 Å². The smallest absolute Gasteiger partial charge is 0.310 e. The summed E-state index contributed by atoms with van der Waals surface area (Å²) in [6.45, 7) is 5.26. The van der Waals surface area contributed by atoms with Gasteiger partial charge in [0.05, 0.1) is 12.5 Å². The van der Waals surface area contributed by atoms with E-state index >= 15 is 0 Å². The molecule has 0 aliphatic carbocycles. The van der Waals surface area contributed by atoms with Gasteiger partial charge in [0.15, 0.2) is 0 Å². The van der Waals surface area contributed by atoms with E-state index in [2.05, 4.69) is 46.0 Å². The van der Waals surface area contributed by atoms with Crippen LogP contribution in [-0.4, -0.2) is 37.1 Å². The van der Waals surface area contributed by atoms with Gasteiger partial charge in [0.1, 0.15) is 0 Å². The largest absolute Gasteiger partial charge is 0.466 e. The molecule has 0 spiro atoms. The standard InChI is InChI=1S/C20H25NO2S2/c1-2-23-20(22)16-7-3-11-21(15-16)12-4-8-17(18-9-5-13-24-18)19-10-6-14-25-19/h5-6,8-10,13-14,16H,2-4,7,11-12,15H2,1H3. The van der Waals surface area contributed by atoms with Gasteiger partial charge in [0.25, 0.3) is 0 Å². The fourth-order valence-corrected chi connectivity index (χ4v) is 4.92. The van der Waals surface area contributed by atoms with Crippen LogP contribution in [-0.2, 0) is 9.53 Å². The average Bonchev–Trinajstić information content (AvgIpc) is 3.33. The summed E-state index contributed by atoms with van der Waals surface area (Å²) >= 11 is 3.58. The van der Waals surface area contributed by atoms with Crippen LogP contribution in [0.15, 0.2) is 41.1 Å². The van der Waals surface area contributed by atoms with Crippen molar-refractivity contribution in [2.45, 2.75) is 26.2 Å². The maximum atomic E-state index is 12.0. The number of carbonyl (C=O) groups excluding carboxylic acids is 1. The van der Waals surface area contributed by atoms with Gasteiger partial charge in [-0.2, -0.15) is 0 Å². The van der Waals surface area contributed by atoms with Crippen LogP contribution in [0.3, 0.4) is 0 Å². The van der Waals surface area contributed by atoms with Crippen LogP contribution in [0.1, 0.15) is 35.9 Å². The minimum atomic E-state index is -0.0272. The number of esters is 1. The number of rotatable bonds is 7.